The summed E-state index contributed by atoms with van der Waals surface area (Å²) in [7, 11) is 3.37. The van der Waals surface area contributed by atoms with Gasteiger partial charge in [-0.25, -0.2) is 4.98 Å². The molecular weight excluding hydrogens is 276 g/mol. The van der Waals surface area contributed by atoms with Gasteiger partial charge in [-0.2, -0.15) is 4.98 Å². The third kappa shape index (κ3) is 3.01. The summed E-state index contributed by atoms with van der Waals surface area (Å²) in [6.45, 7) is 2.81. The second kappa shape index (κ2) is 5.90. The molecule has 0 aliphatic carbocycles. The maximum atomic E-state index is 12.0. The Labute approximate surface area is 122 Å². The number of nitrogens with zero attached hydrogens (tertiary/aromatic N) is 5. The number of hydrogen-bond donors (Lipinski definition) is 1. The summed E-state index contributed by atoms with van der Waals surface area (Å²) >= 11 is 0. The largest absolute Gasteiger partial charge is 0.357 e. The Bertz CT molecular complexity index is 576. The van der Waals surface area contributed by atoms with E-state index >= 15 is 0 Å². The highest BCUT2D eigenvalue weighted by molar-refractivity contribution is 5.82. The lowest BCUT2D eigenvalue weighted by Gasteiger charge is -2.21. The van der Waals surface area contributed by atoms with Crippen molar-refractivity contribution in [3.63, 3.8) is 0 Å². The van der Waals surface area contributed by atoms with Crippen LogP contribution >= 0.6 is 0 Å². The average Bonchev–Trinajstić information content (AvgIpc) is 2.59. The molecule has 1 fully saturated rings. The van der Waals surface area contributed by atoms with E-state index in [-0.39, 0.29) is 29.7 Å². The fourth-order valence-electron chi connectivity index (χ4n) is 2.27. The summed E-state index contributed by atoms with van der Waals surface area (Å²) in [6, 6.07) is 0. The Morgan fingerprint density at radius 3 is 2.67 bits per heavy atom. The van der Waals surface area contributed by atoms with Crippen LogP contribution in [0.4, 0.5) is 17.5 Å². The van der Waals surface area contributed by atoms with Crippen LogP contribution in [0.25, 0.3) is 0 Å². The van der Waals surface area contributed by atoms with Gasteiger partial charge in [0.05, 0.1) is 11.5 Å². The van der Waals surface area contributed by atoms with E-state index in [9.17, 15) is 14.9 Å². The standard InChI is InChI=1S/C12H18N6O3/c1-8-10(18(20)21)11(15-12(13-2)14-8)17-6-4-5-16(3)9(19)7-17/h4-7H2,1-3H3,(H,13,14,15). The molecule has 0 radical (unpaired) electrons. The van der Waals surface area contributed by atoms with Gasteiger partial charge in [0.15, 0.2) is 0 Å². The second-order valence-electron chi connectivity index (χ2n) is 4.90. The molecule has 1 aliphatic heterocycles. The molecule has 2 heterocycles. The van der Waals surface area contributed by atoms with Crippen LogP contribution in [0.5, 0.6) is 0 Å². The molecule has 1 aliphatic rings. The van der Waals surface area contributed by atoms with Gasteiger partial charge < -0.3 is 15.1 Å². The number of rotatable bonds is 3. The molecule has 9 nitrogen and oxygen atoms in total. The van der Waals surface area contributed by atoms with Crippen LogP contribution in [0.15, 0.2) is 0 Å². The molecule has 0 spiro atoms. The van der Waals surface area contributed by atoms with Crippen molar-refractivity contribution in [2.45, 2.75) is 13.3 Å². The van der Waals surface area contributed by atoms with E-state index in [1.54, 1.807) is 30.8 Å². The molecule has 2 rings (SSSR count). The predicted molar refractivity (Wildman–Crippen MR) is 77.4 cm³/mol. The van der Waals surface area contributed by atoms with Gasteiger partial charge in [-0.3, -0.25) is 14.9 Å². The number of aromatic nitrogens is 2. The highest BCUT2D eigenvalue weighted by Gasteiger charge is 2.29. The molecule has 0 atom stereocenters. The first-order valence-corrected chi connectivity index (χ1v) is 6.63. The Morgan fingerprint density at radius 1 is 1.33 bits per heavy atom. The third-order valence-electron chi connectivity index (χ3n) is 3.42. The van der Waals surface area contributed by atoms with Crippen molar-refractivity contribution in [2.75, 3.05) is 43.9 Å². The molecule has 9 heteroatoms. The minimum Gasteiger partial charge on any atom is -0.357 e. The van der Waals surface area contributed by atoms with Crippen LogP contribution < -0.4 is 10.2 Å². The van der Waals surface area contributed by atoms with E-state index in [1.165, 1.54) is 0 Å². The maximum absolute atomic E-state index is 12.0. The zero-order valence-electron chi connectivity index (χ0n) is 12.3. The molecule has 21 heavy (non-hydrogen) atoms. The minimum atomic E-state index is -0.497. The summed E-state index contributed by atoms with van der Waals surface area (Å²) in [5, 5.41) is 14.1. The fourth-order valence-corrected chi connectivity index (χ4v) is 2.27. The van der Waals surface area contributed by atoms with Crippen molar-refractivity contribution >= 4 is 23.4 Å². The summed E-state index contributed by atoms with van der Waals surface area (Å²) in [5.74, 6) is 0.419. The molecule has 0 unspecified atom stereocenters. The van der Waals surface area contributed by atoms with Crippen LogP contribution in [-0.4, -0.2) is 59.4 Å². The van der Waals surface area contributed by atoms with Crippen molar-refractivity contribution in [3.8, 4) is 0 Å². The lowest BCUT2D eigenvalue weighted by atomic mass is 10.3. The van der Waals surface area contributed by atoms with Gasteiger partial charge in [-0.05, 0) is 13.3 Å². The molecule has 0 saturated carbocycles. The molecule has 1 saturated heterocycles. The second-order valence-corrected chi connectivity index (χ2v) is 4.90. The summed E-state index contributed by atoms with van der Waals surface area (Å²) < 4.78 is 0. The molecule has 1 N–H and O–H groups in total. The molecule has 1 amide bonds. The van der Waals surface area contributed by atoms with E-state index in [0.717, 1.165) is 6.42 Å². The Kier molecular flexibility index (Phi) is 4.20. The average molecular weight is 294 g/mol. The van der Waals surface area contributed by atoms with E-state index in [0.29, 0.717) is 19.0 Å². The van der Waals surface area contributed by atoms with Gasteiger partial charge in [0, 0.05) is 27.2 Å². The number of nitro groups is 1. The molecular formula is C12H18N6O3. The smallest absolute Gasteiger partial charge is 0.332 e. The zero-order valence-corrected chi connectivity index (χ0v) is 12.3. The van der Waals surface area contributed by atoms with Crippen LogP contribution in [0.3, 0.4) is 0 Å². The number of anilines is 2. The van der Waals surface area contributed by atoms with Crippen LogP contribution in [0, 0.1) is 17.0 Å². The first-order chi connectivity index (χ1) is 9.93. The summed E-state index contributed by atoms with van der Waals surface area (Å²) in [6.07, 6.45) is 0.733. The fraction of sp³-hybridized carbons (Fsp3) is 0.583. The monoisotopic (exact) mass is 294 g/mol. The first-order valence-electron chi connectivity index (χ1n) is 6.63. The van der Waals surface area contributed by atoms with E-state index < -0.39 is 4.92 Å². The van der Waals surface area contributed by atoms with Crippen molar-refractivity contribution in [2.24, 2.45) is 0 Å². The van der Waals surface area contributed by atoms with Crippen LogP contribution in [-0.2, 0) is 4.79 Å². The first kappa shape index (κ1) is 14.9. The van der Waals surface area contributed by atoms with Crippen molar-refractivity contribution in [1.82, 2.24) is 14.9 Å². The van der Waals surface area contributed by atoms with Crippen molar-refractivity contribution in [3.05, 3.63) is 15.8 Å². The van der Waals surface area contributed by atoms with E-state index in [2.05, 4.69) is 15.3 Å². The lowest BCUT2D eigenvalue weighted by Crippen LogP contribution is -2.35. The van der Waals surface area contributed by atoms with E-state index in [1.807, 2.05) is 0 Å². The van der Waals surface area contributed by atoms with Gasteiger partial charge >= 0.3 is 5.69 Å². The van der Waals surface area contributed by atoms with Gasteiger partial charge in [-0.1, -0.05) is 0 Å². The maximum Gasteiger partial charge on any atom is 0.332 e. The summed E-state index contributed by atoms with van der Waals surface area (Å²) in [5.41, 5.74) is 0.130. The third-order valence-corrected chi connectivity index (χ3v) is 3.42. The van der Waals surface area contributed by atoms with Crippen molar-refractivity contribution in [1.29, 1.82) is 0 Å². The molecule has 1 aromatic heterocycles. The highest BCUT2D eigenvalue weighted by Crippen LogP contribution is 2.30. The zero-order chi connectivity index (χ0) is 15.6. The number of hydrogen-bond acceptors (Lipinski definition) is 7. The van der Waals surface area contributed by atoms with Gasteiger partial charge in [0.1, 0.15) is 5.69 Å². The summed E-state index contributed by atoms with van der Waals surface area (Å²) in [4.78, 5) is 34.3. The van der Waals surface area contributed by atoms with Crippen LogP contribution in [0.2, 0.25) is 0 Å². The minimum absolute atomic E-state index is 0.0796. The Balaban J connectivity index is 2.47. The molecule has 114 valence electrons. The number of carbonyl (C=O) groups excluding carboxylic acids is 1. The van der Waals surface area contributed by atoms with E-state index in [4.69, 9.17) is 0 Å². The number of carbonyl (C=O) groups is 1. The lowest BCUT2D eigenvalue weighted by molar-refractivity contribution is -0.385. The number of amides is 1. The van der Waals surface area contributed by atoms with Crippen LogP contribution in [0.1, 0.15) is 12.1 Å². The van der Waals surface area contributed by atoms with Gasteiger partial charge in [0.2, 0.25) is 17.7 Å². The molecule has 0 bridgehead atoms. The predicted octanol–water partition coefficient (Wildman–Crippen LogP) is 0.403. The Morgan fingerprint density at radius 2 is 2.05 bits per heavy atom. The highest BCUT2D eigenvalue weighted by atomic mass is 16.6. The number of nitrogens with one attached hydrogen (secondary N) is 1. The topological polar surface area (TPSA) is 104 Å². The van der Waals surface area contributed by atoms with Gasteiger partial charge in [0.25, 0.3) is 0 Å². The SMILES string of the molecule is CNc1nc(C)c([N+](=O)[O-])c(N2CCCN(C)C(=O)C2)n1. The number of aryl methyl sites for hydroxylation is 1. The Hall–Kier alpha value is -2.45. The van der Waals surface area contributed by atoms with Crippen molar-refractivity contribution < 1.29 is 9.72 Å². The quantitative estimate of drug-likeness (QED) is 0.635. The van der Waals surface area contributed by atoms with Gasteiger partial charge in [-0.15, -0.1) is 0 Å². The molecule has 0 aromatic carbocycles. The normalized spacial score (nSPS) is 15.9. The molecule has 1 aromatic rings. The number of likely N-dealkylation sites (N-methyl/N-ethyl adjacent to an activating group) is 1.